The van der Waals surface area contributed by atoms with Gasteiger partial charge in [-0.15, -0.1) is 0 Å². The van der Waals surface area contributed by atoms with Gasteiger partial charge in [-0.25, -0.2) is 4.98 Å². The van der Waals surface area contributed by atoms with Crippen LogP contribution in [-0.2, 0) is 0 Å². The van der Waals surface area contributed by atoms with Crippen molar-refractivity contribution in [2.75, 3.05) is 0 Å². The van der Waals surface area contributed by atoms with Gasteiger partial charge < -0.3 is 0 Å². The molecular weight excluding hydrogens is 232 g/mol. The van der Waals surface area contributed by atoms with Gasteiger partial charge in [-0.3, -0.25) is 4.57 Å². The Kier molecular flexibility index (Phi) is 2.86. The highest BCUT2D eigenvalue weighted by atomic mass is 15.1. The van der Waals surface area contributed by atoms with Crippen LogP contribution in [0.3, 0.4) is 0 Å². The lowest BCUT2D eigenvalue weighted by molar-refractivity contribution is 0.760. The standard InChI is InChI=1S/C17H18N2/c1-12(2)17-18-15-6-4-5-7-16(15)19(17)14-10-8-13(3)9-11-14/h4-12H,1-3H3. The Morgan fingerprint density at radius 1 is 0.947 bits per heavy atom. The van der Waals surface area contributed by atoms with Crippen molar-refractivity contribution in [3.8, 4) is 5.69 Å². The van der Waals surface area contributed by atoms with Gasteiger partial charge in [0.1, 0.15) is 5.82 Å². The summed E-state index contributed by atoms with van der Waals surface area (Å²) in [6.45, 7) is 6.48. The third-order valence-corrected chi connectivity index (χ3v) is 3.40. The van der Waals surface area contributed by atoms with E-state index in [2.05, 4.69) is 67.8 Å². The summed E-state index contributed by atoms with van der Waals surface area (Å²) in [5, 5.41) is 0. The zero-order valence-electron chi connectivity index (χ0n) is 11.6. The number of nitrogens with zero attached hydrogens (tertiary/aromatic N) is 2. The van der Waals surface area contributed by atoms with Crippen molar-refractivity contribution in [2.45, 2.75) is 26.7 Å². The molecule has 0 N–H and O–H groups in total. The Bertz CT molecular complexity index is 706. The van der Waals surface area contributed by atoms with Gasteiger partial charge in [0.25, 0.3) is 0 Å². The van der Waals surface area contributed by atoms with Crippen molar-refractivity contribution in [3.63, 3.8) is 0 Å². The number of benzene rings is 2. The minimum Gasteiger partial charge on any atom is -0.296 e. The highest BCUT2D eigenvalue weighted by molar-refractivity contribution is 5.78. The van der Waals surface area contributed by atoms with Crippen LogP contribution in [0.4, 0.5) is 0 Å². The minimum atomic E-state index is 0.397. The predicted molar refractivity (Wildman–Crippen MR) is 79.9 cm³/mol. The van der Waals surface area contributed by atoms with Crippen molar-refractivity contribution >= 4 is 11.0 Å². The lowest BCUT2D eigenvalue weighted by atomic mass is 10.2. The summed E-state index contributed by atoms with van der Waals surface area (Å²) >= 11 is 0. The van der Waals surface area contributed by atoms with Crippen LogP contribution in [0.1, 0.15) is 31.2 Å². The smallest absolute Gasteiger partial charge is 0.117 e. The van der Waals surface area contributed by atoms with Crippen molar-refractivity contribution < 1.29 is 0 Å². The van der Waals surface area contributed by atoms with Gasteiger partial charge in [0, 0.05) is 11.6 Å². The molecule has 1 aromatic heterocycles. The molecule has 0 radical (unpaired) electrons. The van der Waals surface area contributed by atoms with Gasteiger partial charge in [-0.05, 0) is 31.2 Å². The van der Waals surface area contributed by atoms with Crippen molar-refractivity contribution in [2.24, 2.45) is 0 Å². The van der Waals surface area contributed by atoms with E-state index in [0.717, 1.165) is 11.3 Å². The fraction of sp³-hybridized carbons (Fsp3) is 0.235. The Morgan fingerprint density at radius 2 is 1.63 bits per heavy atom. The molecule has 0 saturated heterocycles. The molecule has 0 amide bonds. The first kappa shape index (κ1) is 12.0. The second-order valence-electron chi connectivity index (χ2n) is 5.28. The molecule has 0 bridgehead atoms. The second kappa shape index (κ2) is 4.54. The zero-order chi connectivity index (χ0) is 13.4. The average Bonchev–Trinajstić information content (AvgIpc) is 2.79. The molecule has 0 aliphatic heterocycles. The first-order valence-corrected chi connectivity index (χ1v) is 6.71. The lowest BCUT2D eigenvalue weighted by Crippen LogP contribution is -2.02. The fourth-order valence-corrected chi connectivity index (χ4v) is 2.40. The molecule has 0 atom stereocenters. The van der Waals surface area contributed by atoms with Crippen LogP contribution in [0.5, 0.6) is 0 Å². The predicted octanol–water partition coefficient (Wildman–Crippen LogP) is 4.46. The molecule has 3 aromatic rings. The number of aromatic nitrogens is 2. The Labute approximate surface area is 113 Å². The Morgan fingerprint density at radius 3 is 2.32 bits per heavy atom. The third kappa shape index (κ3) is 2.03. The van der Waals surface area contributed by atoms with Crippen molar-refractivity contribution in [1.29, 1.82) is 0 Å². The molecule has 2 nitrogen and oxygen atoms in total. The summed E-state index contributed by atoms with van der Waals surface area (Å²) in [5.41, 5.74) is 4.70. The first-order chi connectivity index (χ1) is 9.16. The zero-order valence-corrected chi connectivity index (χ0v) is 11.6. The van der Waals surface area contributed by atoms with Gasteiger partial charge in [0.05, 0.1) is 11.0 Å². The van der Waals surface area contributed by atoms with Crippen molar-refractivity contribution in [1.82, 2.24) is 9.55 Å². The highest BCUT2D eigenvalue weighted by Crippen LogP contribution is 2.25. The minimum absolute atomic E-state index is 0.397. The number of rotatable bonds is 2. The number of imidazole rings is 1. The summed E-state index contributed by atoms with van der Waals surface area (Å²) < 4.78 is 2.26. The van der Waals surface area contributed by atoms with Gasteiger partial charge in [0.15, 0.2) is 0 Å². The molecule has 1 heterocycles. The molecule has 0 unspecified atom stereocenters. The summed E-state index contributed by atoms with van der Waals surface area (Å²) in [7, 11) is 0. The third-order valence-electron chi connectivity index (χ3n) is 3.40. The van der Waals surface area contributed by atoms with Crippen LogP contribution >= 0.6 is 0 Å². The molecule has 0 saturated carbocycles. The van der Waals surface area contributed by atoms with E-state index in [1.54, 1.807) is 0 Å². The molecule has 0 spiro atoms. The first-order valence-electron chi connectivity index (χ1n) is 6.71. The summed E-state index contributed by atoms with van der Waals surface area (Å²) in [5.74, 6) is 1.51. The molecule has 3 rings (SSSR count). The van der Waals surface area contributed by atoms with E-state index in [1.165, 1.54) is 16.8 Å². The van der Waals surface area contributed by atoms with Crippen LogP contribution in [0.25, 0.3) is 16.7 Å². The maximum atomic E-state index is 4.77. The van der Waals surface area contributed by atoms with E-state index < -0.39 is 0 Å². The monoisotopic (exact) mass is 250 g/mol. The lowest BCUT2D eigenvalue weighted by Gasteiger charge is -2.11. The highest BCUT2D eigenvalue weighted by Gasteiger charge is 2.14. The van der Waals surface area contributed by atoms with E-state index in [-0.39, 0.29) is 0 Å². The van der Waals surface area contributed by atoms with Gasteiger partial charge in [-0.1, -0.05) is 43.7 Å². The van der Waals surface area contributed by atoms with E-state index in [1.807, 2.05) is 6.07 Å². The summed E-state index contributed by atoms with van der Waals surface area (Å²) in [6.07, 6.45) is 0. The van der Waals surface area contributed by atoms with Crippen LogP contribution in [0.15, 0.2) is 48.5 Å². The van der Waals surface area contributed by atoms with Crippen molar-refractivity contribution in [3.05, 3.63) is 59.9 Å². The van der Waals surface area contributed by atoms with Gasteiger partial charge in [0.2, 0.25) is 0 Å². The Balaban J connectivity index is 2.31. The quantitative estimate of drug-likeness (QED) is 0.656. The normalized spacial score (nSPS) is 11.4. The molecule has 96 valence electrons. The van der Waals surface area contributed by atoms with E-state index in [9.17, 15) is 0 Å². The van der Waals surface area contributed by atoms with E-state index in [0.29, 0.717) is 5.92 Å². The molecule has 2 heteroatoms. The number of hydrogen-bond acceptors (Lipinski definition) is 1. The Hall–Kier alpha value is -2.09. The number of para-hydroxylation sites is 2. The maximum absolute atomic E-state index is 4.77. The van der Waals surface area contributed by atoms with Gasteiger partial charge >= 0.3 is 0 Å². The van der Waals surface area contributed by atoms with E-state index in [4.69, 9.17) is 4.98 Å². The molecule has 0 aliphatic rings. The largest absolute Gasteiger partial charge is 0.296 e. The van der Waals surface area contributed by atoms with Gasteiger partial charge in [-0.2, -0.15) is 0 Å². The van der Waals surface area contributed by atoms with Crippen LogP contribution in [0.2, 0.25) is 0 Å². The number of aryl methyl sites for hydroxylation is 1. The van der Waals surface area contributed by atoms with Crippen LogP contribution in [-0.4, -0.2) is 9.55 Å². The van der Waals surface area contributed by atoms with Crippen LogP contribution < -0.4 is 0 Å². The maximum Gasteiger partial charge on any atom is 0.117 e. The SMILES string of the molecule is Cc1ccc(-n2c(C(C)C)nc3ccccc32)cc1. The molecule has 19 heavy (non-hydrogen) atoms. The topological polar surface area (TPSA) is 17.8 Å². The average molecular weight is 250 g/mol. The molecular formula is C17H18N2. The fourth-order valence-electron chi connectivity index (χ4n) is 2.40. The van der Waals surface area contributed by atoms with E-state index >= 15 is 0 Å². The second-order valence-corrected chi connectivity index (χ2v) is 5.28. The molecule has 0 fully saturated rings. The molecule has 0 aliphatic carbocycles. The number of hydrogen-bond donors (Lipinski definition) is 0. The molecule has 2 aromatic carbocycles. The number of fused-ring (bicyclic) bond motifs is 1. The summed E-state index contributed by atoms with van der Waals surface area (Å²) in [4.78, 5) is 4.77. The summed E-state index contributed by atoms with van der Waals surface area (Å²) in [6, 6.07) is 16.9. The van der Waals surface area contributed by atoms with Crippen LogP contribution in [0, 0.1) is 6.92 Å².